The first-order valence-electron chi connectivity index (χ1n) is 8.85. The first-order valence-corrected chi connectivity index (χ1v) is 8.85. The van der Waals surface area contributed by atoms with Gasteiger partial charge in [-0.05, 0) is 37.8 Å². The van der Waals surface area contributed by atoms with Crippen molar-refractivity contribution in [2.45, 2.75) is 45.1 Å². The van der Waals surface area contributed by atoms with Crippen molar-refractivity contribution in [3.63, 3.8) is 0 Å². The van der Waals surface area contributed by atoms with Crippen molar-refractivity contribution in [2.24, 2.45) is 0 Å². The van der Waals surface area contributed by atoms with Crippen molar-refractivity contribution in [1.82, 2.24) is 9.78 Å². The first-order chi connectivity index (χ1) is 11.8. The summed E-state index contributed by atoms with van der Waals surface area (Å²) in [5, 5.41) is 17.9. The average molecular weight is 330 g/mol. The van der Waals surface area contributed by atoms with Gasteiger partial charge in [0.2, 0.25) is 6.41 Å². The molecule has 2 aromatic rings. The van der Waals surface area contributed by atoms with E-state index in [0.717, 1.165) is 54.6 Å². The van der Waals surface area contributed by atoms with Crippen LogP contribution in [0, 0.1) is 0 Å². The van der Waals surface area contributed by atoms with E-state index in [4.69, 9.17) is 5.10 Å². The molecule has 1 aliphatic rings. The summed E-state index contributed by atoms with van der Waals surface area (Å²) >= 11 is 0. The fourth-order valence-electron chi connectivity index (χ4n) is 3.56. The molecule has 6 heteroatoms. The van der Waals surface area contributed by atoms with Crippen LogP contribution in [0.4, 0.5) is 11.4 Å². The molecule has 0 saturated carbocycles. The maximum Gasteiger partial charge on any atom is 0.211 e. The van der Waals surface area contributed by atoms with Crippen LogP contribution in [-0.2, 0) is 4.79 Å². The van der Waals surface area contributed by atoms with Gasteiger partial charge in [-0.1, -0.05) is 13.3 Å². The van der Waals surface area contributed by atoms with Crippen LogP contribution in [0.2, 0.25) is 0 Å². The third-order valence-corrected chi connectivity index (χ3v) is 4.76. The Hall–Kier alpha value is -2.08. The van der Waals surface area contributed by atoms with Crippen molar-refractivity contribution in [1.29, 1.82) is 0 Å². The van der Waals surface area contributed by atoms with Gasteiger partial charge < -0.3 is 15.3 Å². The summed E-state index contributed by atoms with van der Waals surface area (Å²) in [7, 11) is 0. The number of aliphatic hydroxyl groups is 1. The van der Waals surface area contributed by atoms with Crippen molar-refractivity contribution < 1.29 is 9.90 Å². The number of hydrogen-bond acceptors (Lipinski definition) is 4. The Morgan fingerprint density at radius 1 is 1.33 bits per heavy atom. The lowest BCUT2D eigenvalue weighted by atomic mass is 10.1. The van der Waals surface area contributed by atoms with E-state index in [1.807, 2.05) is 16.9 Å². The molecule has 1 fully saturated rings. The molecule has 0 unspecified atom stereocenters. The maximum absolute atomic E-state index is 11.0. The average Bonchev–Trinajstić information content (AvgIpc) is 3.23. The van der Waals surface area contributed by atoms with Gasteiger partial charge in [-0.25, -0.2) is 0 Å². The fraction of sp³-hybridized carbons (Fsp3) is 0.556. The highest BCUT2D eigenvalue weighted by atomic mass is 16.3. The van der Waals surface area contributed by atoms with Crippen molar-refractivity contribution in [3.8, 4) is 0 Å². The molecule has 1 amide bonds. The smallest absolute Gasteiger partial charge is 0.211 e. The number of nitrogens with one attached hydrogen (secondary N) is 1. The van der Waals surface area contributed by atoms with Gasteiger partial charge in [-0.15, -0.1) is 0 Å². The topological polar surface area (TPSA) is 70.4 Å². The third-order valence-electron chi connectivity index (χ3n) is 4.76. The number of fused-ring (bicyclic) bond motifs is 1. The van der Waals surface area contributed by atoms with Crippen LogP contribution < -0.4 is 10.2 Å². The molecular weight excluding hydrogens is 304 g/mol. The van der Waals surface area contributed by atoms with E-state index in [9.17, 15) is 9.90 Å². The third kappa shape index (κ3) is 3.38. The maximum atomic E-state index is 11.0. The SMILES string of the molecule is CCC[C@H](CCO)n1cc2cc(NC=O)c(N3CCCC3)cc2n1. The Labute approximate surface area is 142 Å². The minimum absolute atomic E-state index is 0.165. The zero-order valence-corrected chi connectivity index (χ0v) is 14.2. The Morgan fingerprint density at radius 2 is 2.12 bits per heavy atom. The summed E-state index contributed by atoms with van der Waals surface area (Å²) < 4.78 is 1.98. The highest BCUT2D eigenvalue weighted by Crippen LogP contribution is 2.33. The standard InChI is InChI=1S/C18H26N4O2/c1-2-5-15(6-9-23)22-12-14-10-17(19-13-24)18(11-16(14)20-22)21-7-3-4-8-21/h10-13,15,23H,2-9H2,1H3,(H,19,24)/t15-/m1/s1. The van der Waals surface area contributed by atoms with Gasteiger partial charge in [0, 0.05) is 31.3 Å². The molecule has 3 rings (SSSR count). The Kier molecular flexibility index (Phi) is 5.35. The number of amides is 1. The van der Waals surface area contributed by atoms with E-state index >= 15 is 0 Å². The lowest BCUT2D eigenvalue weighted by Gasteiger charge is -2.20. The molecule has 0 bridgehead atoms. The molecule has 6 nitrogen and oxygen atoms in total. The number of carbonyl (C=O) groups is 1. The summed E-state index contributed by atoms with van der Waals surface area (Å²) in [6.45, 7) is 4.34. The number of aromatic nitrogens is 2. The molecule has 1 aromatic carbocycles. The molecule has 1 aromatic heterocycles. The summed E-state index contributed by atoms with van der Waals surface area (Å²) in [5.41, 5.74) is 2.83. The van der Waals surface area contributed by atoms with E-state index < -0.39 is 0 Å². The van der Waals surface area contributed by atoms with Crippen molar-refractivity contribution in [2.75, 3.05) is 29.9 Å². The molecule has 0 spiro atoms. The van der Waals surface area contributed by atoms with Crippen LogP contribution >= 0.6 is 0 Å². The van der Waals surface area contributed by atoms with Gasteiger partial charge >= 0.3 is 0 Å². The van der Waals surface area contributed by atoms with Gasteiger partial charge in [-0.2, -0.15) is 5.10 Å². The second kappa shape index (κ2) is 7.66. The van der Waals surface area contributed by atoms with Crippen LogP contribution in [0.5, 0.6) is 0 Å². The number of benzene rings is 1. The second-order valence-corrected chi connectivity index (χ2v) is 6.45. The number of anilines is 2. The highest BCUT2D eigenvalue weighted by Gasteiger charge is 2.19. The number of nitrogens with zero attached hydrogens (tertiary/aromatic N) is 3. The van der Waals surface area contributed by atoms with Crippen molar-refractivity contribution in [3.05, 3.63) is 18.3 Å². The second-order valence-electron chi connectivity index (χ2n) is 6.45. The minimum Gasteiger partial charge on any atom is -0.396 e. The van der Waals surface area contributed by atoms with E-state index in [0.29, 0.717) is 6.42 Å². The number of hydrogen-bond donors (Lipinski definition) is 2. The quantitative estimate of drug-likeness (QED) is 0.730. The molecule has 130 valence electrons. The zero-order valence-electron chi connectivity index (χ0n) is 14.2. The molecule has 0 radical (unpaired) electrons. The van der Waals surface area contributed by atoms with Gasteiger partial charge in [0.25, 0.3) is 0 Å². The molecule has 1 aliphatic heterocycles. The van der Waals surface area contributed by atoms with Crippen LogP contribution in [-0.4, -0.2) is 41.0 Å². The van der Waals surface area contributed by atoms with Crippen LogP contribution in [0.1, 0.15) is 45.1 Å². The molecule has 1 saturated heterocycles. The lowest BCUT2D eigenvalue weighted by molar-refractivity contribution is -0.105. The number of carbonyl (C=O) groups excluding carboxylic acids is 1. The van der Waals surface area contributed by atoms with E-state index in [1.165, 1.54) is 12.8 Å². The monoisotopic (exact) mass is 330 g/mol. The number of aliphatic hydroxyl groups excluding tert-OH is 1. The molecule has 0 aliphatic carbocycles. The predicted octanol–water partition coefficient (Wildman–Crippen LogP) is 2.93. The summed E-state index contributed by atoms with van der Waals surface area (Å²) in [6.07, 6.45) is 7.88. The van der Waals surface area contributed by atoms with Crippen LogP contribution in [0.15, 0.2) is 18.3 Å². The fourth-order valence-corrected chi connectivity index (χ4v) is 3.56. The Bertz CT molecular complexity index is 686. The molecule has 2 heterocycles. The van der Waals surface area contributed by atoms with Crippen molar-refractivity contribution >= 4 is 28.7 Å². The van der Waals surface area contributed by atoms with Crippen LogP contribution in [0.3, 0.4) is 0 Å². The summed E-state index contributed by atoms with van der Waals surface area (Å²) in [5.74, 6) is 0. The lowest BCUT2D eigenvalue weighted by Crippen LogP contribution is -2.19. The van der Waals surface area contributed by atoms with E-state index in [1.54, 1.807) is 0 Å². The van der Waals surface area contributed by atoms with Crippen LogP contribution in [0.25, 0.3) is 10.9 Å². The summed E-state index contributed by atoms with van der Waals surface area (Å²) in [6, 6.07) is 4.29. The van der Waals surface area contributed by atoms with Gasteiger partial charge in [-0.3, -0.25) is 9.48 Å². The van der Waals surface area contributed by atoms with Gasteiger partial charge in [0.1, 0.15) is 0 Å². The summed E-state index contributed by atoms with van der Waals surface area (Å²) in [4.78, 5) is 13.3. The largest absolute Gasteiger partial charge is 0.396 e. The Balaban J connectivity index is 1.99. The zero-order chi connectivity index (χ0) is 16.9. The highest BCUT2D eigenvalue weighted by molar-refractivity contribution is 5.93. The van der Waals surface area contributed by atoms with Gasteiger partial charge in [0.05, 0.1) is 22.9 Å². The molecular formula is C18H26N4O2. The normalized spacial score (nSPS) is 15.8. The molecule has 24 heavy (non-hydrogen) atoms. The first kappa shape index (κ1) is 16.8. The van der Waals surface area contributed by atoms with Gasteiger partial charge in [0.15, 0.2) is 0 Å². The van der Waals surface area contributed by atoms with E-state index in [-0.39, 0.29) is 12.6 Å². The molecule has 1 atom stereocenters. The number of rotatable bonds is 8. The van der Waals surface area contributed by atoms with E-state index in [2.05, 4.69) is 23.2 Å². The minimum atomic E-state index is 0.165. The Morgan fingerprint density at radius 3 is 2.79 bits per heavy atom. The predicted molar refractivity (Wildman–Crippen MR) is 96.5 cm³/mol. The molecule has 2 N–H and O–H groups in total.